The SMILES string of the molecule is CCC1CCc2c(sc(N)c2C(=O)O)C1. The molecule has 3 nitrogen and oxygen atoms in total. The lowest BCUT2D eigenvalue weighted by Crippen LogP contribution is -2.13. The minimum Gasteiger partial charge on any atom is -0.478 e. The van der Waals surface area contributed by atoms with Gasteiger partial charge in [0.25, 0.3) is 0 Å². The highest BCUT2D eigenvalue weighted by atomic mass is 32.1. The van der Waals surface area contributed by atoms with Crippen molar-refractivity contribution in [2.24, 2.45) is 5.92 Å². The molecule has 0 aromatic carbocycles. The van der Waals surface area contributed by atoms with Gasteiger partial charge in [-0.05, 0) is 30.7 Å². The summed E-state index contributed by atoms with van der Waals surface area (Å²) in [7, 11) is 0. The number of nitrogen functional groups attached to an aromatic ring is 1. The molecule has 0 aliphatic heterocycles. The van der Waals surface area contributed by atoms with Gasteiger partial charge >= 0.3 is 5.97 Å². The minimum atomic E-state index is -0.875. The summed E-state index contributed by atoms with van der Waals surface area (Å²) in [5.41, 5.74) is 7.11. The molecule has 0 bridgehead atoms. The number of fused-ring (bicyclic) bond motifs is 1. The molecule has 4 heteroatoms. The van der Waals surface area contributed by atoms with E-state index in [0.29, 0.717) is 16.5 Å². The van der Waals surface area contributed by atoms with E-state index in [1.165, 1.54) is 22.6 Å². The van der Waals surface area contributed by atoms with Crippen LogP contribution in [0.2, 0.25) is 0 Å². The van der Waals surface area contributed by atoms with Crippen molar-refractivity contribution in [3.8, 4) is 0 Å². The summed E-state index contributed by atoms with van der Waals surface area (Å²) in [4.78, 5) is 12.2. The van der Waals surface area contributed by atoms with E-state index >= 15 is 0 Å². The fourth-order valence-corrected chi connectivity index (χ4v) is 3.48. The fourth-order valence-electron chi connectivity index (χ4n) is 2.26. The van der Waals surface area contributed by atoms with Crippen LogP contribution >= 0.6 is 11.3 Å². The summed E-state index contributed by atoms with van der Waals surface area (Å²) in [6.45, 7) is 2.19. The quantitative estimate of drug-likeness (QED) is 0.813. The molecular weight excluding hydrogens is 210 g/mol. The topological polar surface area (TPSA) is 63.3 Å². The van der Waals surface area contributed by atoms with Gasteiger partial charge in [0.15, 0.2) is 0 Å². The zero-order chi connectivity index (χ0) is 11.0. The van der Waals surface area contributed by atoms with Gasteiger partial charge in [-0.3, -0.25) is 0 Å². The van der Waals surface area contributed by atoms with Crippen LogP contribution in [0.3, 0.4) is 0 Å². The molecule has 1 unspecified atom stereocenters. The second-order valence-corrected chi connectivity index (χ2v) is 5.20. The molecule has 82 valence electrons. The number of carboxylic acid groups (broad SMARTS) is 1. The predicted octanol–water partition coefficient (Wildman–Crippen LogP) is 2.54. The first-order valence-corrected chi connectivity index (χ1v) is 6.08. The van der Waals surface area contributed by atoms with E-state index in [0.717, 1.165) is 24.8 Å². The molecule has 1 aliphatic rings. The third-order valence-corrected chi connectivity index (χ3v) is 4.27. The van der Waals surface area contributed by atoms with E-state index in [4.69, 9.17) is 10.8 Å². The fraction of sp³-hybridized carbons (Fsp3) is 0.545. The van der Waals surface area contributed by atoms with Crippen molar-refractivity contribution in [2.45, 2.75) is 32.6 Å². The standard InChI is InChI=1S/C11H15NO2S/c1-2-6-3-4-7-8(5-6)15-10(12)9(7)11(13)14/h6H,2-5,12H2,1H3,(H,13,14). The molecule has 3 N–H and O–H groups in total. The van der Waals surface area contributed by atoms with Crippen LogP contribution in [0.1, 0.15) is 40.6 Å². The average molecular weight is 225 g/mol. The molecular formula is C11H15NO2S. The summed E-state index contributed by atoms with van der Waals surface area (Å²) in [5.74, 6) is -0.169. The third-order valence-electron chi connectivity index (χ3n) is 3.19. The van der Waals surface area contributed by atoms with E-state index in [9.17, 15) is 4.79 Å². The van der Waals surface area contributed by atoms with Crippen LogP contribution in [0, 0.1) is 5.92 Å². The number of rotatable bonds is 2. The highest BCUT2D eigenvalue weighted by Crippen LogP contribution is 2.38. The zero-order valence-corrected chi connectivity index (χ0v) is 9.56. The molecule has 1 heterocycles. The average Bonchev–Trinajstić information content (AvgIpc) is 2.52. The molecule has 1 aromatic heterocycles. The summed E-state index contributed by atoms with van der Waals surface area (Å²) in [6.07, 6.45) is 4.15. The first kappa shape index (κ1) is 10.5. The van der Waals surface area contributed by atoms with Gasteiger partial charge < -0.3 is 10.8 Å². The molecule has 0 saturated heterocycles. The largest absolute Gasteiger partial charge is 0.478 e. The molecule has 1 aliphatic carbocycles. The van der Waals surface area contributed by atoms with Crippen molar-refractivity contribution < 1.29 is 9.90 Å². The Kier molecular flexibility index (Phi) is 2.69. The van der Waals surface area contributed by atoms with E-state index in [2.05, 4.69) is 6.92 Å². The zero-order valence-electron chi connectivity index (χ0n) is 8.75. The van der Waals surface area contributed by atoms with Gasteiger partial charge in [0, 0.05) is 4.88 Å². The number of carbonyl (C=O) groups is 1. The lowest BCUT2D eigenvalue weighted by molar-refractivity contribution is 0.0697. The van der Waals surface area contributed by atoms with Crippen molar-refractivity contribution in [3.63, 3.8) is 0 Å². The van der Waals surface area contributed by atoms with Gasteiger partial charge in [0.1, 0.15) is 5.00 Å². The number of aromatic carboxylic acids is 1. The van der Waals surface area contributed by atoms with Crippen molar-refractivity contribution in [1.29, 1.82) is 0 Å². The second-order valence-electron chi connectivity index (χ2n) is 4.07. The van der Waals surface area contributed by atoms with Crippen LogP contribution < -0.4 is 5.73 Å². The molecule has 0 saturated carbocycles. The molecule has 1 atom stereocenters. The Hall–Kier alpha value is -1.03. The Bertz CT molecular complexity index is 398. The third kappa shape index (κ3) is 1.74. The van der Waals surface area contributed by atoms with Crippen LogP contribution in [0.5, 0.6) is 0 Å². The first-order valence-electron chi connectivity index (χ1n) is 5.26. The lowest BCUT2D eigenvalue weighted by Gasteiger charge is -2.20. The van der Waals surface area contributed by atoms with E-state index < -0.39 is 5.97 Å². The van der Waals surface area contributed by atoms with Crippen molar-refractivity contribution >= 4 is 22.3 Å². The normalized spacial score (nSPS) is 19.9. The highest BCUT2D eigenvalue weighted by Gasteiger charge is 2.26. The number of hydrogen-bond donors (Lipinski definition) is 2. The van der Waals surface area contributed by atoms with Crippen LogP contribution in [-0.2, 0) is 12.8 Å². The van der Waals surface area contributed by atoms with E-state index in [-0.39, 0.29) is 0 Å². The van der Waals surface area contributed by atoms with E-state index in [1.54, 1.807) is 0 Å². The van der Waals surface area contributed by atoms with Gasteiger partial charge in [0.05, 0.1) is 5.56 Å². The molecule has 0 radical (unpaired) electrons. The smallest absolute Gasteiger partial charge is 0.338 e. The molecule has 0 spiro atoms. The van der Waals surface area contributed by atoms with Crippen molar-refractivity contribution in [1.82, 2.24) is 0 Å². The van der Waals surface area contributed by atoms with Gasteiger partial charge in [0.2, 0.25) is 0 Å². The minimum absolute atomic E-state index is 0.365. The molecule has 15 heavy (non-hydrogen) atoms. The van der Waals surface area contributed by atoms with Crippen molar-refractivity contribution in [3.05, 3.63) is 16.0 Å². The Balaban J connectivity index is 2.39. The number of anilines is 1. The summed E-state index contributed by atoms with van der Waals surface area (Å²) in [6, 6.07) is 0. The Labute approximate surface area is 92.9 Å². The maximum absolute atomic E-state index is 11.0. The van der Waals surface area contributed by atoms with Crippen LogP contribution in [0.4, 0.5) is 5.00 Å². The Morgan fingerprint density at radius 3 is 3.00 bits per heavy atom. The van der Waals surface area contributed by atoms with Crippen LogP contribution in [-0.4, -0.2) is 11.1 Å². The summed E-state index contributed by atoms with van der Waals surface area (Å²) < 4.78 is 0. The van der Waals surface area contributed by atoms with Gasteiger partial charge in [-0.15, -0.1) is 11.3 Å². The molecule has 1 aromatic rings. The highest BCUT2D eigenvalue weighted by molar-refractivity contribution is 7.16. The summed E-state index contributed by atoms with van der Waals surface area (Å²) in [5, 5.41) is 9.54. The monoisotopic (exact) mass is 225 g/mol. The van der Waals surface area contributed by atoms with E-state index in [1.807, 2.05) is 0 Å². The number of thiophene rings is 1. The van der Waals surface area contributed by atoms with Gasteiger partial charge in [-0.1, -0.05) is 13.3 Å². The maximum atomic E-state index is 11.0. The van der Waals surface area contributed by atoms with Gasteiger partial charge in [-0.25, -0.2) is 4.79 Å². The van der Waals surface area contributed by atoms with Crippen LogP contribution in [0.15, 0.2) is 0 Å². The first-order chi connectivity index (χ1) is 7.13. The second kappa shape index (κ2) is 3.85. The van der Waals surface area contributed by atoms with Gasteiger partial charge in [-0.2, -0.15) is 0 Å². The Morgan fingerprint density at radius 1 is 1.67 bits per heavy atom. The maximum Gasteiger partial charge on any atom is 0.338 e. The lowest BCUT2D eigenvalue weighted by atomic mass is 9.86. The predicted molar refractivity (Wildman–Crippen MR) is 61.5 cm³/mol. The molecule has 0 fully saturated rings. The van der Waals surface area contributed by atoms with Crippen LogP contribution in [0.25, 0.3) is 0 Å². The number of carboxylic acids is 1. The Morgan fingerprint density at radius 2 is 2.40 bits per heavy atom. The van der Waals surface area contributed by atoms with Crippen molar-refractivity contribution in [2.75, 3.05) is 5.73 Å². The number of nitrogens with two attached hydrogens (primary N) is 1. The summed E-state index contributed by atoms with van der Waals surface area (Å²) >= 11 is 1.46. The number of hydrogen-bond acceptors (Lipinski definition) is 3. The molecule has 0 amide bonds. The molecule has 2 rings (SSSR count).